The molecule has 1 atom stereocenters. The third-order valence-corrected chi connectivity index (χ3v) is 6.70. The van der Waals surface area contributed by atoms with Crippen LogP contribution in [0.25, 0.3) is 10.2 Å². The third-order valence-electron chi connectivity index (χ3n) is 5.51. The van der Waals surface area contributed by atoms with Gasteiger partial charge in [-0.1, -0.05) is 17.7 Å². The van der Waals surface area contributed by atoms with Crippen molar-refractivity contribution < 1.29 is 14.3 Å². The van der Waals surface area contributed by atoms with Gasteiger partial charge in [0, 0.05) is 20.2 Å². The Morgan fingerprint density at radius 1 is 1.29 bits per heavy atom. The van der Waals surface area contributed by atoms with E-state index in [4.69, 9.17) is 9.47 Å². The predicted molar refractivity (Wildman–Crippen MR) is 123 cm³/mol. The number of benzene rings is 1. The second kappa shape index (κ2) is 9.62. The molecule has 1 aliphatic rings. The lowest BCUT2D eigenvalue weighted by Crippen LogP contribution is -2.31. The molecule has 1 aliphatic heterocycles. The number of hydrogen-bond acceptors (Lipinski definition) is 7. The lowest BCUT2D eigenvalue weighted by Gasteiger charge is -2.19. The van der Waals surface area contributed by atoms with Gasteiger partial charge in [0.15, 0.2) is 0 Å². The number of carbonyl (C=O) groups excluding carboxylic acids is 1. The minimum atomic E-state index is -0.0766. The molecule has 1 amide bonds. The summed E-state index contributed by atoms with van der Waals surface area (Å²) in [4.78, 5) is 25.2. The van der Waals surface area contributed by atoms with Crippen molar-refractivity contribution in [2.45, 2.75) is 32.8 Å². The van der Waals surface area contributed by atoms with E-state index in [1.54, 1.807) is 6.33 Å². The fourth-order valence-corrected chi connectivity index (χ4v) is 4.75. The van der Waals surface area contributed by atoms with Gasteiger partial charge in [-0.05, 0) is 44.4 Å². The van der Waals surface area contributed by atoms with Crippen LogP contribution >= 0.6 is 11.3 Å². The van der Waals surface area contributed by atoms with Crippen LogP contribution in [0, 0.1) is 13.8 Å². The van der Waals surface area contributed by atoms with Gasteiger partial charge >= 0.3 is 0 Å². The summed E-state index contributed by atoms with van der Waals surface area (Å²) in [6.07, 6.45) is 3.73. The number of rotatable bonds is 8. The van der Waals surface area contributed by atoms with Crippen LogP contribution in [0.1, 0.15) is 33.6 Å². The molecule has 0 radical (unpaired) electrons. The van der Waals surface area contributed by atoms with Crippen LogP contribution in [0.3, 0.4) is 0 Å². The van der Waals surface area contributed by atoms with E-state index in [1.165, 1.54) is 16.9 Å². The van der Waals surface area contributed by atoms with Crippen molar-refractivity contribution in [3.8, 4) is 5.75 Å². The number of amides is 1. The Morgan fingerprint density at radius 3 is 2.84 bits per heavy atom. The van der Waals surface area contributed by atoms with Crippen molar-refractivity contribution in [1.82, 2.24) is 15.3 Å². The standard InChI is InChI=1S/C23H28N4O3S/c1-15-6-8-17(9-7-15)30-12-10-27(3)21-19-16(2)20(31-23(19)26-14-25-21)22(28)24-13-18-5-4-11-29-18/h6-9,14,18H,4-5,10-13H2,1-3H3,(H,24,28). The molecule has 3 heterocycles. The average molecular weight is 441 g/mol. The number of aromatic nitrogens is 2. The number of fused-ring (bicyclic) bond motifs is 1. The second-order valence-corrected chi connectivity index (χ2v) is 8.86. The quantitative estimate of drug-likeness (QED) is 0.575. The maximum Gasteiger partial charge on any atom is 0.261 e. The highest BCUT2D eigenvalue weighted by Gasteiger charge is 2.22. The highest BCUT2D eigenvalue weighted by Crippen LogP contribution is 2.34. The Labute approximate surface area is 186 Å². The molecule has 0 saturated carbocycles. The van der Waals surface area contributed by atoms with Crippen molar-refractivity contribution in [3.63, 3.8) is 0 Å². The molecule has 3 aromatic rings. The minimum absolute atomic E-state index is 0.0766. The first kappa shape index (κ1) is 21.5. The number of carbonyl (C=O) groups is 1. The zero-order chi connectivity index (χ0) is 21.8. The van der Waals surface area contributed by atoms with E-state index < -0.39 is 0 Å². The third kappa shape index (κ3) is 4.97. The molecule has 4 rings (SSSR count). The van der Waals surface area contributed by atoms with Crippen LogP contribution < -0.4 is 15.0 Å². The molecule has 1 saturated heterocycles. The highest BCUT2D eigenvalue weighted by molar-refractivity contribution is 7.20. The van der Waals surface area contributed by atoms with Crippen LogP contribution in [-0.4, -0.2) is 55.3 Å². The molecule has 1 fully saturated rings. The Morgan fingerprint density at radius 2 is 2.10 bits per heavy atom. The number of anilines is 1. The monoisotopic (exact) mass is 440 g/mol. The molecule has 31 heavy (non-hydrogen) atoms. The lowest BCUT2D eigenvalue weighted by atomic mass is 10.2. The summed E-state index contributed by atoms with van der Waals surface area (Å²) in [6, 6.07) is 8.02. The first-order valence-electron chi connectivity index (χ1n) is 10.6. The summed E-state index contributed by atoms with van der Waals surface area (Å²) < 4.78 is 11.5. The topological polar surface area (TPSA) is 76.6 Å². The SMILES string of the molecule is Cc1ccc(OCCN(C)c2ncnc3sc(C(=O)NCC4CCCO4)c(C)c23)cc1. The molecule has 2 aromatic heterocycles. The normalized spacial score (nSPS) is 15.9. The summed E-state index contributed by atoms with van der Waals surface area (Å²) in [5.41, 5.74) is 2.11. The van der Waals surface area contributed by atoms with Crippen molar-refractivity contribution in [2.75, 3.05) is 38.3 Å². The van der Waals surface area contributed by atoms with Gasteiger partial charge < -0.3 is 19.7 Å². The van der Waals surface area contributed by atoms with Gasteiger partial charge in [0.25, 0.3) is 5.91 Å². The maximum atomic E-state index is 12.8. The minimum Gasteiger partial charge on any atom is -0.492 e. The van der Waals surface area contributed by atoms with Crippen LogP contribution in [-0.2, 0) is 4.74 Å². The first-order valence-corrected chi connectivity index (χ1v) is 11.4. The molecular formula is C23H28N4O3S. The fraction of sp³-hybridized carbons (Fsp3) is 0.435. The zero-order valence-electron chi connectivity index (χ0n) is 18.2. The molecule has 0 aliphatic carbocycles. The van der Waals surface area contributed by atoms with Crippen LogP contribution in [0.15, 0.2) is 30.6 Å². The van der Waals surface area contributed by atoms with Gasteiger partial charge in [0.1, 0.15) is 29.3 Å². The predicted octanol–water partition coefficient (Wildman–Crippen LogP) is 3.73. The number of nitrogens with one attached hydrogen (secondary N) is 1. The van der Waals surface area contributed by atoms with Gasteiger partial charge in [-0.3, -0.25) is 4.79 Å². The Kier molecular flexibility index (Phi) is 6.67. The van der Waals surface area contributed by atoms with E-state index in [1.807, 2.05) is 43.1 Å². The second-order valence-electron chi connectivity index (χ2n) is 7.86. The molecule has 8 heteroatoms. The molecular weight excluding hydrogens is 412 g/mol. The van der Waals surface area contributed by atoms with Crippen molar-refractivity contribution in [3.05, 3.63) is 46.6 Å². The van der Waals surface area contributed by atoms with E-state index >= 15 is 0 Å². The Balaban J connectivity index is 1.44. The molecule has 7 nitrogen and oxygen atoms in total. The summed E-state index contributed by atoms with van der Waals surface area (Å²) in [7, 11) is 1.98. The molecule has 1 aromatic carbocycles. The number of hydrogen-bond donors (Lipinski definition) is 1. The van der Waals surface area contributed by atoms with Crippen molar-refractivity contribution in [2.24, 2.45) is 0 Å². The zero-order valence-corrected chi connectivity index (χ0v) is 19.0. The fourth-order valence-electron chi connectivity index (χ4n) is 3.69. The van der Waals surface area contributed by atoms with E-state index in [-0.39, 0.29) is 12.0 Å². The first-order chi connectivity index (χ1) is 15.0. The van der Waals surface area contributed by atoms with E-state index in [0.717, 1.165) is 46.8 Å². The van der Waals surface area contributed by atoms with Crippen LogP contribution in [0.2, 0.25) is 0 Å². The van der Waals surface area contributed by atoms with Gasteiger partial charge in [-0.2, -0.15) is 0 Å². The van der Waals surface area contributed by atoms with E-state index in [2.05, 4.69) is 22.2 Å². The van der Waals surface area contributed by atoms with E-state index in [9.17, 15) is 4.79 Å². The summed E-state index contributed by atoms with van der Waals surface area (Å²) in [5.74, 6) is 1.58. The van der Waals surface area contributed by atoms with Gasteiger partial charge in [-0.15, -0.1) is 11.3 Å². The lowest BCUT2D eigenvalue weighted by molar-refractivity contribution is 0.0860. The number of ether oxygens (including phenoxy) is 2. The number of aryl methyl sites for hydroxylation is 2. The van der Waals surface area contributed by atoms with Gasteiger partial charge in [0.2, 0.25) is 0 Å². The number of thiophene rings is 1. The Bertz CT molecular complexity index is 1040. The average Bonchev–Trinajstić information content (AvgIpc) is 3.41. The van der Waals surface area contributed by atoms with Crippen molar-refractivity contribution >= 4 is 33.3 Å². The largest absolute Gasteiger partial charge is 0.492 e. The Hall–Kier alpha value is -2.71. The summed E-state index contributed by atoms with van der Waals surface area (Å²) in [6.45, 7) is 6.53. The molecule has 164 valence electrons. The smallest absolute Gasteiger partial charge is 0.261 e. The van der Waals surface area contributed by atoms with Crippen LogP contribution in [0.4, 0.5) is 5.82 Å². The number of likely N-dealkylation sites (N-methyl/N-ethyl adjacent to an activating group) is 1. The summed E-state index contributed by atoms with van der Waals surface area (Å²) in [5, 5.41) is 3.94. The molecule has 0 spiro atoms. The number of nitrogens with zero attached hydrogens (tertiary/aromatic N) is 3. The van der Waals surface area contributed by atoms with Gasteiger partial charge in [0.05, 0.1) is 22.9 Å². The molecule has 0 bridgehead atoms. The highest BCUT2D eigenvalue weighted by atomic mass is 32.1. The van der Waals surface area contributed by atoms with Gasteiger partial charge in [-0.25, -0.2) is 9.97 Å². The molecule has 1 N–H and O–H groups in total. The molecule has 1 unspecified atom stereocenters. The summed E-state index contributed by atoms with van der Waals surface area (Å²) >= 11 is 1.41. The van der Waals surface area contributed by atoms with Crippen LogP contribution in [0.5, 0.6) is 5.75 Å². The van der Waals surface area contributed by atoms with E-state index in [0.29, 0.717) is 24.6 Å². The maximum absolute atomic E-state index is 12.8. The van der Waals surface area contributed by atoms with Crippen molar-refractivity contribution in [1.29, 1.82) is 0 Å².